The maximum Gasteiger partial charge on any atom is 0.491 e. The van der Waals surface area contributed by atoms with Gasteiger partial charge in [-0.3, -0.25) is 0 Å². The van der Waals surface area contributed by atoms with Gasteiger partial charge in [0.25, 0.3) is 0 Å². The molecule has 0 bridgehead atoms. The Bertz CT molecular complexity index is 323. The first-order valence-corrected chi connectivity index (χ1v) is 4.09. The van der Waals surface area contributed by atoms with Gasteiger partial charge in [-0.05, 0) is 36.0 Å². The third-order valence-electron chi connectivity index (χ3n) is 2.56. The lowest BCUT2D eigenvalue weighted by Crippen LogP contribution is -2.28. The Kier molecular flexibility index (Phi) is 1.70. The largest absolute Gasteiger partial charge is 0.491 e. The molecule has 2 rings (SSSR count). The van der Waals surface area contributed by atoms with E-state index in [1.807, 2.05) is 12.1 Å². The van der Waals surface area contributed by atoms with E-state index in [9.17, 15) is 5.02 Å². The summed E-state index contributed by atoms with van der Waals surface area (Å²) < 4.78 is 5.11. The Morgan fingerprint density at radius 1 is 1.42 bits per heavy atom. The molecular formula is C9H11BO2. The number of rotatable bonds is 0. The Labute approximate surface area is 72.3 Å². The van der Waals surface area contributed by atoms with Crippen LogP contribution in [0.4, 0.5) is 0 Å². The average Bonchev–Trinajstić information content (AvgIpc) is 2.41. The number of benzene rings is 1. The van der Waals surface area contributed by atoms with Crippen molar-refractivity contribution in [1.82, 2.24) is 0 Å². The fourth-order valence-corrected chi connectivity index (χ4v) is 1.57. The predicted octanol–water partition coefficient (Wildman–Crippen LogP) is 0.521. The standard InChI is InChI=1S/C9H11BO2/c1-6-3-4-9-8(7(6)2)5-12-10(9)11/h3-4,11H,5H2,1-2H3. The van der Waals surface area contributed by atoms with Gasteiger partial charge in [0.15, 0.2) is 0 Å². The zero-order chi connectivity index (χ0) is 8.72. The molecule has 3 heteroatoms. The minimum absolute atomic E-state index is 0.546. The zero-order valence-electron chi connectivity index (χ0n) is 7.29. The van der Waals surface area contributed by atoms with Crippen LogP contribution >= 0.6 is 0 Å². The molecule has 0 radical (unpaired) electrons. The molecule has 0 atom stereocenters. The van der Waals surface area contributed by atoms with Gasteiger partial charge in [-0.2, -0.15) is 0 Å². The summed E-state index contributed by atoms with van der Waals surface area (Å²) in [6.45, 7) is 4.68. The van der Waals surface area contributed by atoms with Crippen molar-refractivity contribution in [3.05, 3.63) is 28.8 Å². The van der Waals surface area contributed by atoms with Crippen LogP contribution in [0.2, 0.25) is 0 Å². The van der Waals surface area contributed by atoms with Gasteiger partial charge in [-0.1, -0.05) is 12.1 Å². The molecule has 1 aliphatic rings. The van der Waals surface area contributed by atoms with Gasteiger partial charge in [0, 0.05) is 0 Å². The maximum atomic E-state index is 9.37. The fourth-order valence-electron chi connectivity index (χ4n) is 1.57. The second-order valence-corrected chi connectivity index (χ2v) is 3.24. The smallest absolute Gasteiger partial charge is 0.423 e. The number of fused-ring (bicyclic) bond motifs is 1. The molecular weight excluding hydrogens is 151 g/mol. The van der Waals surface area contributed by atoms with Crippen LogP contribution in [-0.4, -0.2) is 12.1 Å². The zero-order valence-corrected chi connectivity index (χ0v) is 7.29. The summed E-state index contributed by atoms with van der Waals surface area (Å²) in [4.78, 5) is 0. The van der Waals surface area contributed by atoms with Crippen LogP contribution < -0.4 is 5.46 Å². The summed E-state index contributed by atoms with van der Waals surface area (Å²) in [5, 5.41) is 9.37. The van der Waals surface area contributed by atoms with E-state index in [4.69, 9.17) is 4.65 Å². The molecule has 1 aliphatic heterocycles. The van der Waals surface area contributed by atoms with Crippen molar-refractivity contribution < 1.29 is 9.68 Å². The first-order valence-electron chi connectivity index (χ1n) is 4.09. The van der Waals surface area contributed by atoms with E-state index in [2.05, 4.69) is 13.8 Å². The van der Waals surface area contributed by atoms with Crippen LogP contribution in [0.1, 0.15) is 16.7 Å². The van der Waals surface area contributed by atoms with Crippen LogP contribution in [0.3, 0.4) is 0 Å². The highest BCUT2D eigenvalue weighted by Gasteiger charge is 2.28. The SMILES string of the molecule is Cc1ccc2c(c1C)COB2O. The molecule has 1 heterocycles. The summed E-state index contributed by atoms with van der Waals surface area (Å²) in [5.41, 5.74) is 4.58. The molecule has 0 fully saturated rings. The molecule has 0 aliphatic carbocycles. The average molecular weight is 162 g/mol. The van der Waals surface area contributed by atoms with Crippen molar-refractivity contribution in [3.63, 3.8) is 0 Å². The molecule has 1 aromatic carbocycles. The van der Waals surface area contributed by atoms with E-state index < -0.39 is 7.12 Å². The van der Waals surface area contributed by atoms with Gasteiger partial charge in [-0.15, -0.1) is 0 Å². The van der Waals surface area contributed by atoms with Crippen molar-refractivity contribution in [3.8, 4) is 0 Å². The number of hydrogen-bond acceptors (Lipinski definition) is 2. The maximum absolute atomic E-state index is 9.37. The summed E-state index contributed by atoms with van der Waals surface area (Å²) in [7, 11) is -0.709. The molecule has 0 unspecified atom stereocenters. The van der Waals surface area contributed by atoms with Crippen LogP contribution in [0.25, 0.3) is 0 Å². The Hall–Kier alpha value is -0.795. The highest BCUT2D eigenvalue weighted by atomic mass is 16.5. The molecule has 12 heavy (non-hydrogen) atoms. The van der Waals surface area contributed by atoms with E-state index in [-0.39, 0.29) is 0 Å². The molecule has 0 saturated heterocycles. The Morgan fingerprint density at radius 3 is 2.92 bits per heavy atom. The van der Waals surface area contributed by atoms with E-state index in [1.165, 1.54) is 11.1 Å². The lowest BCUT2D eigenvalue weighted by atomic mass is 9.78. The molecule has 0 saturated carbocycles. The Balaban J connectivity index is 2.60. The predicted molar refractivity (Wildman–Crippen MR) is 48.3 cm³/mol. The first-order chi connectivity index (χ1) is 5.70. The van der Waals surface area contributed by atoms with Crippen LogP contribution in [0, 0.1) is 13.8 Å². The molecule has 1 N–H and O–H groups in total. The lowest BCUT2D eigenvalue weighted by molar-refractivity contribution is 0.275. The van der Waals surface area contributed by atoms with Crippen LogP contribution in [0.5, 0.6) is 0 Å². The van der Waals surface area contributed by atoms with Gasteiger partial charge < -0.3 is 9.68 Å². The molecule has 0 aromatic heterocycles. The van der Waals surface area contributed by atoms with Gasteiger partial charge >= 0.3 is 7.12 Å². The third-order valence-corrected chi connectivity index (χ3v) is 2.56. The summed E-state index contributed by atoms with van der Waals surface area (Å²) in [6.07, 6.45) is 0. The van der Waals surface area contributed by atoms with E-state index in [0.717, 1.165) is 11.0 Å². The quantitative estimate of drug-likeness (QED) is 0.563. The van der Waals surface area contributed by atoms with Crippen molar-refractivity contribution in [2.75, 3.05) is 0 Å². The van der Waals surface area contributed by atoms with Gasteiger partial charge in [0.1, 0.15) is 0 Å². The molecule has 0 spiro atoms. The minimum Gasteiger partial charge on any atom is -0.423 e. The second kappa shape index (κ2) is 2.61. The molecule has 0 amide bonds. The van der Waals surface area contributed by atoms with Gasteiger partial charge in [0.2, 0.25) is 0 Å². The second-order valence-electron chi connectivity index (χ2n) is 3.24. The van der Waals surface area contributed by atoms with Gasteiger partial charge in [-0.25, -0.2) is 0 Å². The lowest BCUT2D eigenvalue weighted by Gasteiger charge is -2.05. The number of aryl methyl sites for hydroxylation is 1. The normalized spacial score (nSPS) is 15.1. The monoisotopic (exact) mass is 162 g/mol. The highest BCUT2D eigenvalue weighted by Crippen LogP contribution is 2.17. The van der Waals surface area contributed by atoms with E-state index in [1.54, 1.807) is 0 Å². The van der Waals surface area contributed by atoms with Crippen molar-refractivity contribution in [2.45, 2.75) is 20.5 Å². The minimum atomic E-state index is -0.709. The van der Waals surface area contributed by atoms with E-state index in [0.29, 0.717) is 6.61 Å². The Morgan fingerprint density at radius 2 is 2.17 bits per heavy atom. The van der Waals surface area contributed by atoms with Crippen LogP contribution in [-0.2, 0) is 11.3 Å². The summed E-state index contributed by atoms with van der Waals surface area (Å²) in [6, 6.07) is 3.96. The van der Waals surface area contributed by atoms with Gasteiger partial charge in [0.05, 0.1) is 6.61 Å². The summed E-state index contributed by atoms with van der Waals surface area (Å²) in [5.74, 6) is 0. The third kappa shape index (κ3) is 0.975. The van der Waals surface area contributed by atoms with Crippen molar-refractivity contribution in [1.29, 1.82) is 0 Å². The van der Waals surface area contributed by atoms with Crippen molar-refractivity contribution in [2.24, 2.45) is 0 Å². The van der Waals surface area contributed by atoms with E-state index >= 15 is 0 Å². The topological polar surface area (TPSA) is 29.5 Å². The van der Waals surface area contributed by atoms with Crippen LogP contribution in [0.15, 0.2) is 12.1 Å². The fraction of sp³-hybridized carbons (Fsp3) is 0.333. The number of hydrogen-bond donors (Lipinski definition) is 1. The molecule has 1 aromatic rings. The highest BCUT2D eigenvalue weighted by molar-refractivity contribution is 6.61. The first kappa shape index (κ1) is 7.83. The molecule has 62 valence electrons. The van der Waals surface area contributed by atoms with Crippen molar-refractivity contribution >= 4 is 12.6 Å². The molecule has 2 nitrogen and oxygen atoms in total. The summed E-state index contributed by atoms with van der Waals surface area (Å²) >= 11 is 0.